The average Bonchev–Trinajstić information content (AvgIpc) is 2.79. The smallest absolute Gasteiger partial charge is 0.322 e. The summed E-state index contributed by atoms with van der Waals surface area (Å²) >= 11 is 1.26. The molecule has 0 unspecified atom stereocenters. The molecule has 0 saturated carbocycles. The van der Waals surface area contributed by atoms with Crippen molar-refractivity contribution >= 4 is 29.6 Å². The van der Waals surface area contributed by atoms with Gasteiger partial charge in [0.1, 0.15) is 6.54 Å². The number of nitrogens with two attached hydrogens (primary N) is 1. The van der Waals surface area contributed by atoms with Crippen molar-refractivity contribution in [2.75, 3.05) is 12.3 Å². The normalized spacial score (nSPS) is 15.0. The van der Waals surface area contributed by atoms with Crippen molar-refractivity contribution in [3.8, 4) is 0 Å². The van der Waals surface area contributed by atoms with Gasteiger partial charge in [-0.3, -0.25) is 14.4 Å². The molecule has 0 aromatic heterocycles. The summed E-state index contributed by atoms with van der Waals surface area (Å²) in [6.45, 7) is 1.59. The van der Waals surface area contributed by atoms with Crippen molar-refractivity contribution < 1.29 is 29.7 Å². The number of nitrogens with one attached hydrogen (secondary N) is 1. The Morgan fingerprint density at radius 3 is 2.24 bits per heavy atom. The lowest BCUT2D eigenvalue weighted by molar-refractivity contribution is -0.138. The molecule has 0 heterocycles. The van der Waals surface area contributed by atoms with Crippen LogP contribution in [0.2, 0.25) is 0 Å². The van der Waals surface area contributed by atoms with E-state index in [1.165, 1.54) is 11.8 Å². The SMILES string of the molecule is CC/C=C\C/C=C\C\C=C/C=C/C=C/[C@@H](SC[C@H](N)C(=O)NCC(=O)O)[C@@H](O)CCCC(=O)O. The molecule has 3 atom stereocenters. The molecule has 8 nitrogen and oxygen atoms in total. The van der Waals surface area contributed by atoms with Crippen molar-refractivity contribution in [3.63, 3.8) is 0 Å². The highest BCUT2D eigenvalue weighted by Crippen LogP contribution is 2.21. The molecule has 0 aliphatic heterocycles. The van der Waals surface area contributed by atoms with Crippen LogP contribution in [0.1, 0.15) is 45.4 Å². The zero-order valence-corrected chi connectivity index (χ0v) is 20.5. The van der Waals surface area contributed by atoms with E-state index in [0.717, 1.165) is 19.3 Å². The van der Waals surface area contributed by atoms with Gasteiger partial charge in [-0.2, -0.15) is 0 Å². The lowest BCUT2D eigenvalue weighted by Crippen LogP contribution is -2.44. The van der Waals surface area contributed by atoms with Crippen LogP contribution >= 0.6 is 11.8 Å². The second kappa shape index (κ2) is 20.9. The Hall–Kier alpha value is -2.62. The highest BCUT2D eigenvalue weighted by Gasteiger charge is 2.21. The van der Waals surface area contributed by atoms with E-state index in [0.29, 0.717) is 6.42 Å². The quantitative estimate of drug-likeness (QED) is 0.136. The Morgan fingerprint density at radius 2 is 1.59 bits per heavy atom. The molecular weight excluding hydrogens is 456 g/mol. The van der Waals surface area contributed by atoms with Crippen LogP contribution in [0.25, 0.3) is 0 Å². The molecule has 0 bridgehead atoms. The summed E-state index contributed by atoms with van der Waals surface area (Å²) in [4.78, 5) is 33.1. The Balaban J connectivity index is 4.74. The molecule has 34 heavy (non-hydrogen) atoms. The molecule has 6 N–H and O–H groups in total. The van der Waals surface area contributed by atoms with Gasteiger partial charge in [-0.05, 0) is 32.1 Å². The highest BCUT2D eigenvalue weighted by atomic mass is 32.2. The third-order valence-corrected chi connectivity index (χ3v) is 5.78. The summed E-state index contributed by atoms with van der Waals surface area (Å²) in [7, 11) is 0. The van der Waals surface area contributed by atoms with E-state index >= 15 is 0 Å². The fourth-order valence-electron chi connectivity index (χ4n) is 2.58. The van der Waals surface area contributed by atoms with Crippen LogP contribution < -0.4 is 11.1 Å². The molecule has 0 spiro atoms. The number of aliphatic hydroxyl groups is 1. The topological polar surface area (TPSA) is 150 Å². The highest BCUT2D eigenvalue weighted by molar-refractivity contribution is 8.00. The van der Waals surface area contributed by atoms with E-state index < -0.39 is 41.8 Å². The lowest BCUT2D eigenvalue weighted by Gasteiger charge is -2.21. The minimum atomic E-state index is -1.16. The van der Waals surface area contributed by atoms with Crippen LogP contribution in [0.5, 0.6) is 0 Å². The fourth-order valence-corrected chi connectivity index (χ4v) is 3.72. The zero-order valence-electron chi connectivity index (χ0n) is 19.7. The van der Waals surface area contributed by atoms with Gasteiger partial charge in [0.05, 0.1) is 12.1 Å². The van der Waals surface area contributed by atoms with E-state index in [4.69, 9.17) is 15.9 Å². The van der Waals surface area contributed by atoms with Gasteiger partial charge in [0.25, 0.3) is 0 Å². The van der Waals surface area contributed by atoms with Gasteiger partial charge in [0.2, 0.25) is 5.91 Å². The first-order valence-electron chi connectivity index (χ1n) is 11.3. The lowest BCUT2D eigenvalue weighted by atomic mass is 10.1. The number of carbonyl (C=O) groups is 3. The summed E-state index contributed by atoms with van der Waals surface area (Å²) < 4.78 is 0. The van der Waals surface area contributed by atoms with Crippen LogP contribution in [0.4, 0.5) is 0 Å². The minimum absolute atomic E-state index is 0.0384. The molecule has 0 fully saturated rings. The maximum Gasteiger partial charge on any atom is 0.322 e. The van der Waals surface area contributed by atoms with Gasteiger partial charge >= 0.3 is 11.9 Å². The summed E-state index contributed by atoms with van der Waals surface area (Å²) in [6.07, 6.45) is 22.2. The molecule has 0 aromatic carbocycles. The Morgan fingerprint density at radius 1 is 0.941 bits per heavy atom. The van der Waals surface area contributed by atoms with Crippen LogP contribution in [0.3, 0.4) is 0 Å². The third-order valence-electron chi connectivity index (χ3n) is 4.37. The Bertz CT molecular complexity index is 746. The first kappa shape index (κ1) is 31.4. The largest absolute Gasteiger partial charge is 0.481 e. The standard InChI is InChI=1S/C25H38N2O6S/c1-2-3-4-5-6-7-8-9-10-11-12-13-16-22(21(28)15-14-17-23(29)30)34-19-20(26)25(33)27-18-24(31)32/h3-4,6-7,9-13,16,20-22,28H,2,5,8,14-15,17-19,26H2,1H3,(H,27,33)(H,29,30)(H,31,32)/b4-3-,7-6-,10-9-,12-11+,16-13+/t20-,21-,22+/m0/s1. The summed E-state index contributed by atoms with van der Waals surface area (Å²) in [5.74, 6) is -2.51. The number of hydrogen-bond donors (Lipinski definition) is 5. The number of aliphatic hydroxyl groups excluding tert-OH is 1. The number of carboxylic acids is 2. The van der Waals surface area contributed by atoms with E-state index in [1.807, 2.05) is 24.3 Å². The van der Waals surface area contributed by atoms with E-state index in [9.17, 15) is 19.5 Å². The first-order valence-corrected chi connectivity index (χ1v) is 12.4. The second-order valence-electron chi connectivity index (χ2n) is 7.39. The predicted molar refractivity (Wildman–Crippen MR) is 138 cm³/mol. The van der Waals surface area contributed by atoms with Crippen molar-refractivity contribution in [1.82, 2.24) is 5.32 Å². The van der Waals surface area contributed by atoms with E-state index in [2.05, 4.69) is 36.5 Å². The monoisotopic (exact) mass is 494 g/mol. The molecule has 1 amide bonds. The van der Waals surface area contributed by atoms with Crippen molar-refractivity contribution in [2.45, 2.75) is 62.8 Å². The van der Waals surface area contributed by atoms with Gasteiger partial charge in [0.15, 0.2) is 0 Å². The van der Waals surface area contributed by atoms with Crippen LogP contribution in [0, 0.1) is 0 Å². The van der Waals surface area contributed by atoms with Gasteiger partial charge in [0, 0.05) is 17.4 Å². The number of amides is 1. The molecule has 9 heteroatoms. The molecular formula is C25H38N2O6S. The summed E-state index contributed by atoms with van der Waals surface area (Å²) in [5, 5.41) is 29.7. The third kappa shape index (κ3) is 18.9. The Kier molecular flexibility index (Phi) is 19.3. The number of allylic oxidation sites excluding steroid dienone is 9. The molecule has 0 saturated heterocycles. The number of aliphatic carboxylic acids is 2. The molecule has 0 aromatic rings. The molecule has 0 rings (SSSR count). The van der Waals surface area contributed by atoms with Crippen LogP contribution in [-0.4, -0.2) is 62.9 Å². The minimum Gasteiger partial charge on any atom is -0.481 e. The van der Waals surface area contributed by atoms with E-state index in [-0.39, 0.29) is 18.6 Å². The summed E-state index contributed by atoms with van der Waals surface area (Å²) in [5.41, 5.74) is 5.82. The maximum absolute atomic E-state index is 11.9. The van der Waals surface area contributed by atoms with Gasteiger partial charge in [-0.15, -0.1) is 11.8 Å². The maximum atomic E-state index is 11.9. The van der Waals surface area contributed by atoms with Gasteiger partial charge < -0.3 is 26.4 Å². The number of carboxylic acid groups (broad SMARTS) is 2. The van der Waals surface area contributed by atoms with E-state index in [1.54, 1.807) is 12.2 Å². The predicted octanol–water partition coefficient (Wildman–Crippen LogP) is 3.20. The Labute approximate surface area is 206 Å². The number of thioether (sulfide) groups is 1. The summed E-state index contributed by atoms with van der Waals surface area (Å²) in [6, 6.07) is -0.935. The van der Waals surface area contributed by atoms with Crippen molar-refractivity contribution in [2.24, 2.45) is 5.73 Å². The zero-order chi connectivity index (χ0) is 25.6. The number of carbonyl (C=O) groups excluding carboxylic acids is 1. The van der Waals surface area contributed by atoms with Gasteiger partial charge in [-0.25, -0.2) is 0 Å². The first-order chi connectivity index (χ1) is 16.3. The molecule has 190 valence electrons. The molecule has 0 radical (unpaired) electrons. The van der Waals surface area contributed by atoms with Crippen molar-refractivity contribution in [1.29, 1.82) is 0 Å². The number of rotatable bonds is 19. The molecule has 0 aliphatic carbocycles. The average molecular weight is 495 g/mol. The fraction of sp³-hybridized carbons (Fsp3) is 0.480. The van der Waals surface area contributed by atoms with Gasteiger partial charge in [-0.1, -0.05) is 67.7 Å². The van der Waals surface area contributed by atoms with Crippen LogP contribution in [-0.2, 0) is 14.4 Å². The van der Waals surface area contributed by atoms with Crippen LogP contribution in [0.15, 0.2) is 60.8 Å². The molecule has 0 aliphatic rings. The second-order valence-corrected chi connectivity index (χ2v) is 8.60. The number of hydrogen-bond acceptors (Lipinski definition) is 6. The van der Waals surface area contributed by atoms with Crippen molar-refractivity contribution in [3.05, 3.63) is 60.8 Å².